The Kier molecular flexibility index (Phi) is 6.27. The Morgan fingerprint density at radius 1 is 1.30 bits per heavy atom. The summed E-state index contributed by atoms with van der Waals surface area (Å²) >= 11 is 0. The Morgan fingerprint density at radius 2 is 1.90 bits per heavy atom. The van der Waals surface area contributed by atoms with Gasteiger partial charge in [0.2, 0.25) is 0 Å². The van der Waals surface area contributed by atoms with Gasteiger partial charge in [0.25, 0.3) is 0 Å². The molecule has 0 saturated carbocycles. The van der Waals surface area contributed by atoms with E-state index in [0.29, 0.717) is 12.2 Å². The van der Waals surface area contributed by atoms with Gasteiger partial charge in [-0.3, -0.25) is 0 Å². The lowest BCUT2D eigenvalue weighted by atomic mass is 10.2. The van der Waals surface area contributed by atoms with Gasteiger partial charge in [-0.2, -0.15) is 0 Å². The summed E-state index contributed by atoms with van der Waals surface area (Å²) in [6, 6.07) is 7.88. The van der Waals surface area contributed by atoms with Crippen molar-refractivity contribution < 1.29 is 14.6 Å². The van der Waals surface area contributed by atoms with Crippen LogP contribution < -0.4 is 4.74 Å². The van der Waals surface area contributed by atoms with E-state index in [1.54, 1.807) is 24.3 Å². The van der Waals surface area contributed by atoms with Crippen molar-refractivity contribution >= 4 is 14.0 Å². The highest BCUT2D eigenvalue weighted by Gasteiger charge is 2.26. The molecule has 0 saturated heterocycles. The lowest BCUT2D eigenvalue weighted by Gasteiger charge is -2.29. The summed E-state index contributed by atoms with van der Waals surface area (Å²) in [5.74, 6) is -0.157. The van der Waals surface area contributed by atoms with E-state index in [9.17, 15) is 4.79 Å². The Labute approximate surface area is 123 Å². The number of carbonyl (C=O) groups is 1. The van der Waals surface area contributed by atoms with E-state index in [1.165, 1.54) is 12.5 Å². The smallest absolute Gasteiger partial charge is 0.335 e. The minimum atomic E-state index is -1.13. The van der Waals surface area contributed by atoms with Crippen molar-refractivity contribution in [2.24, 2.45) is 0 Å². The SMILES string of the molecule is CCC(C)[Si](C)(C)CCCOc1ccc(C(=O)O)cc1. The Morgan fingerprint density at radius 3 is 2.40 bits per heavy atom. The zero-order valence-corrected chi connectivity index (χ0v) is 14.0. The van der Waals surface area contributed by atoms with Gasteiger partial charge in [-0.15, -0.1) is 0 Å². The molecule has 1 N–H and O–H groups in total. The van der Waals surface area contributed by atoms with Crippen LogP contribution in [0.25, 0.3) is 0 Å². The lowest BCUT2D eigenvalue weighted by Crippen LogP contribution is -2.30. The summed E-state index contributed by atoms with van der Waals surface area (Å²) in [5.41, 5.74) is 1.14. The normalized spacial score (nSPS) is 13.0. The molecule has 112 valence electrons. The van der Waals surface area contributed by atoms with E-state index in [0.717, 1.165) is 17.7 Å². The van der Waals surface area contributed by atoms with Crippen LogP contribution in [0.2, 0.25) is 24.7 Å². The second kappa shape index (κ2) is 7.48. The Hall–Kier alpha value is -1.29. The molecule has 1 aromatic carbocycles. The van der Waals surface area contributed by atoms with Crippen molar-refractivity contribution in [3.63, 3.8) is 0 Å². The van der Waals surface area contributed by atoms with Gasteiger partial charge in [-0.25, -0.2) is 4.79 Å². The van der Waals surface area contributed by atoms with E-state index in [-0.39, 0.29) is 0 Å². The molecule has 0 bridgehead atoms. The Balaban J connectivity index is 2.36. The minimum Gasteiger partial charge on any atom is -0.494 e. The average molecular weight is 294 g/mol. The number of ether oxygens (including phenoxy) is 1. The summed E-state index contributed by atoms with van der Waals surface area (Å²) in [4.78, 5) is 10.7. The van der Waals surface area contributed by atoms with Crippen LogP contribution in [0.4, 0.5) is 0 Å². The van der Waals surface area contributed by atoms with Gasteiger partial charge in [-0.05, 0) is 36.2 Å². The second-order valence-corrected chi connectivity index (χ2v) is 11.5. The van der Waals surface area contributed by atoms with Gasteiger partial charge in [0.05, 0.1) is 20.2 Å². The van der Waals surface area contributed by atoms with Crippen molar-refractivity contribution in [3.05, 3.63) is 29.8 Å². The van der Waals surface area contributed by atoms with Gasteiger partial charge in [0, 0.05) is 0 Å². The molecule has 0 amide bonds. The highest BCUT2D eigenvalue weighted by molar-refractivity contribution is 6.78. The molecule has 3 nitrogen and oxygen atoms in total. The predicted molar refractivity (Wildman–Crippen MR) is 85.5 cm³/mol. The molecule has 0 heterocycles. The fourth-order valence-electron chi connectivity index (χ4n) is 2.21. The molecule has 1 rings (SSSR count). The quantitative estimate of drug-likeness (QED) is 0.560. The van der Waals surface area contributed by atoms with Crippen LogP contribution in [0.1, 0.15) is 37.0 Å². The number of hydrogen-bond acceptors (Lipinski definition) is 2. The van der Waals surface area contributed by atoms with Gasteiger partial charge in [-0.1, -0.05) is 39.4 Å². The zero-order valence-electron chi connectivity index (χ0n) is 13.0. The van der Waals surface area contributed by atoms with Crippen LogP contribution in [-0.2, 0) is 0 Å². The van der Waals surface area contributed by atoms with Crippen LogP contribution in [0.3, 0.4) is 0 Å². The first-order valence-electron chi connectivity index (χ1n) is 7.33. The molecule has 0 aromatic heterocycles. The zero-order chi connectivity index (χ0) is 15.2. The van der Waals surface area contributed by atoms with E-state index in [4.69, 9.17) is 9.84 Å². The summed E-state index contributed by atoms with van der Waals surface area (Å²) in [5, 5.41) is 8.82. The highest BCUT2D eigenvalue weighted by atomic mass is 28.3. The van der Waals surface area contributed by atoms with Crippen LogP contribution in [0.5, 0.6) is 5.75 Å². The maximum Gasteiger partial charge on any atom is 0.335 e. The van der Waals surface area contributed by atoms with Gasteiger partial charge in [0.1, 0.15) is 5.75 Å². The molecule has 4 heteroatoms. The molecule has 1 aromatic rings. The number of rotatable bonds is 8. The number of benzene rings is 1. The third-order valence-electron chi connectivity index (χ3n) is 4.28. The molecular weight excluding hydrogens is 268 g/mol. The molecule has 0 fully saturated rings. The Bertz CT molecular complexity index is 426. The third kappa shape index (κ3) is 5.00. The second-order valence-electron chi connectivity index (χ2n) is 6.08. The number of carboxylic acids is 1. The van der Waals surface area contributed by atoms with Crippen molar-refractivity contribution in [2.45, 2.75) is 51.4 Å². The van der Waals surface area contributed by atoms with Crippen molar-refractivity contribution in [3.8, 4) is 5.75 Å². The van der Waals surface area contributed by atoms with Crippen LogP contribution >= 0.6 is 0 Å². The molecule has 20 heavy (non-hydrogen) atoms. The number of carboxylic acid groups (broad SMARTS) is 1. The van der Waals surface area contributed by atoms with Gasteiger partial charge in [0.15, 0.2) is 0 Å². The monoisotopic (exact) mass is 294 g/mol. The molecule has 0 radical (unpaired) electrons. The minimum absolute atomic E-state index is 0.294. The molecule has 0 aliphatic rings. The predicted octanol–water partition coefficient (Wildman–Crippen LogP) is 4.66. The lowest BCUT2D eigenvalue weighted by molar-refractivity contribution is 0.0697. The number of hydrogen-bond donors (Lipinski definition) is 1. The van der Waals surface area contributed by atoms with Crippen LogP contribution in [0, 0.1) is 0 Å². The first kappa shape index (κ1) is 16.8. The van der Waals surface area contributed by atoms with E-state index in [1.807, 2.05) is 0 Å². The first-order valence-corrected chi connectivity index (χ1v) is 10.6. The van der Waals surface area contributed by atoms with E-state index in [2.05, 4.69) is 26.9 Å². The fourth-order valence-corrected chi connectivity index (χ4v) is 4.86. The summed E-state index contributed by atoms with van der Waals surface area (Å²) in [7, 11) is -1.13. The molecule has 0 spiro atoms. The summed E-state index contributed by atoms with van der Waals surface area (Å²) in [6.45, 7) is 10.2. The van der Waals surface area contributed by atoms with E-state index < -0.39 is 14.0 Å². The van der Waals surface area contributed by atoms with Crippen LogP contribution in [0.15, 0.2) is 24.3 Å². The fraction of sp³-hybridized carbons (Fsp3) is 0.562. The summed E-state index contributed by atoms with van der Waals surface area (Å²) in [6.07, 6.45) is 2.33. The molecule has 0 aliphatic heterocycles. The molecule has 0 aliphatic carbocycles. The molecule has 1 atom stereocenters. The standard InChI is InChI=1S/C16H26O3Si/c1-5-13(2)20(3,4)12-6-11-19-15-9-7-14(8-10-15)16(17)18/h7-10,13H,5-6,11-12H2,1-4H3,(H,17,18). The first-order chi connectivity index (χ1) is 9.36. The van der Waals surface area contributed by atoms with Gasteiger partial charge < -0.3 is 9.84 Å². The molecule has 1 unspecified atom stereocenters. The topological polar surface area (TPSA) is 46.5 Å². The maximum atomic E-state index is 10.7. The summed E-state index contributed by atoms with van der Waals surface area (Å²) < 4.78 is 5.68. The third-order valence-corrected chi connectivity index (χ3v) is 9.00. The van der Waals surface area contributed by atoms with E-state index >= 15 is 0 Å². The van der Waals surface area contributed by atoms with Crippen molar-refractivity contribution in [1.29, 1.82) is 0 Å². The van der Waals surface area contributed by atoms with Crippen LogP contribution in [-0.4, -0.2) is 25.8 Å². The number of aromatic carboxylic acids is 1. The maximum absolute atomic E-state index is 10.7. The largest absolute Gasteiger partial charge is 0.494 e. The van der Waals surface area contributed by atoms with Crippen molar-refractivity contribution in [2.75, 3.05) is 6.61 Å². The molecular formula is C16H26O3Si. The highest BCUT2D eigenvalue weighted by Crippen LogP contribution is 2.29. The van der Waals surface area contributed by atoms with Gasteiger partial charge >= 0.3 is 5.97 Å². The average Bonchev–Trinajstić information content (AvgIpc) is 2.43. The van der Waals surface area contributed by atoms with Crippen molar-refractivity contribution in [1.82, 2.24) is 0 Å².